The third-order valence-corrected chi connectivity index (χ3v) is 3.44. The zero-order valence-electron chi connectivity index (χ0n) is 8.84. The normalized spacial score (nSPS) is 11.6. The van der Waals surface area contributed by atoms with Crippen LogP contribution in [0.1, 0.15) is 11.1 Å². The maximum absolute atomic E-state index is 11.2. The summed E-state index contributed by atoms with van der Waals surface area (Å²) in [4.78, 5) is 0.350. The highest BCUT2D eigenvalue weighted by molar-refractivity contribution is 7.90. The smallest absolute Gasteiger partial charge is 0.175 e. The van der Waals surface area contributed by atoms with E-state index in [2.05, 4.69) is 10.2 Å². The summed E-state index contributed by atoms with van der Waals surface area (Å²) in [5.41, 5.74) is 2.14. The Hall–Kier alpha value is -1.62. The predicted octanol–water partition coefficient (Wildman–Crippen LogP) is 1.40. The number of H-pyrrole nitrogens is 1. The molecule has 1 aromatic heterocycles. The first kappa shape index (κ1) is 10.9. The fourth-order valence-electron chi connectivity index (χ4n) is 1.46. The van der Waals surface area contributed by atoms with Crippen molar-refractivity contribution >= 4 is 9.84 Å². The van der Waals surface area contributed by atoms with Crippen LogP contribution in [0.2, 0.25) is 0 Å². The molecule has 1 aromatic carbocycles. The lowest BCUT2D eigenvalue weighted by Gasteiger charge is -2.01. The van der Waals surface area contributed by atoms with Crippen molar-refractivity contribution in [1.82, 2.24) is 10.2 Å². The highest BCUT2D eigenvalue weighted by Gasteiger charge is 2.06. The van der Waals surface area contributed by atoms with Crippen LogP contribution in [-0.4, -0.2) is 24.9 Å². The number of benzene rings is 1. The summed E-state index contributed by atoms with van der Waals surface area (Å²) in [5.74, 6) is 0. The molecule has 0 atom stereocenters. The van der Waals surface area contributed by atoms with Crippen molar-refractivity contribution in [1.29, 1.82) is 0 Å². The van der Waals surface area contributed by atoms with E-state index in [0.717, 1.165) is 17.5 Å². The molecule has 0 aliphatic rings. The van der Waals surface area contributed by atoms with Crippen LogP contribution >= 0.6 is 0 Å². The summed E-state index contributed by atoms with van der Waals surface area (Å²) in [6.45, 7) is 0. The molecule has 84 valence electrons. The Morgan fingerprint density at radius 3 is 2.38 bits per heavy atom. The summed E-state index contributed by atoms with van der Waals surface area (Å²) in [7, 11) is -3.10. The van der Waals surface area contributed by atoms with Gasteiger partial charge in [0, 0.05) is 18.9 Å². The molecular weight excluding hydrogens is 224 g/mol. The van der Waals surface area contributed by atoms with E-state index in [4.69, 9.17) is 0 Å². The molecule has 4 nitrogen and oxygen atoms in total. The van der Waals surface area contributed by atoms with E-state index < -0.39 is 9.84 Å². The van der Waals surface area contributed by atoms with Gasteiger partial charge in [-0.3, -0.25) is 5.10 Å². The third-order valence-electron chi connectivity index (χ3n) is 2.31. The lowest BCUT2D eigenvalue weighted by Crippen LogP contribution is -1.97. The second-order valence-corrected chi connectivity index (χ2v) is 5.72. The van der Waals surface area contributed by atoms with Crippen molar-refractivity contribution in [3.63, 3.8) is 0 Å². The molecule has 1 heterocycles. The molecule has 0 fully saturated rings. The molecule has 0 unspecified atom stereocenters. The molecule has 2 rings (SSSR count). The van der Waals surface area contributed by atoms with Crippen molar-refractivity contribution in [2.45, 2.75) is 11.3 Å². The van der Waals surface area contributed by atoms with E-state index in [9.17, 15) is 8.42 Å². The summed E-state index contributed by atoms with van der Waals surface area (Å²) in [5, 5.41) is 6.59. The number of aromatic amines is 1. The van der Waals surface area contributed by atoms with Gasteiger partial charge in [0.1, 0.15) is 0 Å². The number of sulfone groups is 1. The fourth-order valence-corrected chi connectivity index (χ4v) is 2.09. The Labute approximate surface area is 94.2 Å². The first-order chi connectivity index (χ1) is 7.55. The van der Waals surface area contributed by atoms with Gasteiger partial charge in [0.2, 0.25) is 0 Å². The maximum Gasteiger partial charge on any atom is 0.175 e. The molecule has 16 heavy (non-hydrogen) atoms. The Balaban J connectivity index is 2.20. The fraction of sp³-hybridized carbons (Fsp3) is 0.182. The van der Waals surface area contributed by atoms with Crippen molar-refractivity contribution in [3.05, 3.63) is 47.8 Å². The van der Waals surface area contributed by atoms with Gasteiger partial charge >= 0.3 is 0 Å². The van der Waals surface area contributed by atoms with Gasteiger partial charge in [0.25, 0.3) is 0 Å². The maximum atomic E-state index is 11.2. The molecule has 0 aliphatic heterocycles. The topological polar surface area (TPSA) is 62.8 Å². The largest absolute Gasteiger partial charge is 0.285 e. The first-order valence-electron chi connectivity index (χ1n) is 4.82. The van der Waals surface area contributed by atoms with Gasteiger partial charge in [0.05, 0.1) is 11.1 Å². The van der Waals surface area contributed by atoms with Crippen molar-refractivity contribution in [2.75, 3.05) is 6.26 Å². The molecule has 2 aromatic rings. The Morgan fingerprint density at radius 1 is 1.19 bits per heavy atom. The Morgan fingerprint density at radius 2 is 1.88 bits per heavy atom. The van der Waals surface area contributed by atoms with Gasteiger partial charge in [-0.25, -0.2) is 8.42 Å². The highest BCUT2D eigenvalue weighted by Crippen LogP contribution is 2.13. The molecule has 5 heteroatoms. The summed E-state index contributed by atoms with van der Waals surface area (Å²) >= 11 is 0. The average Bonchev–Trinajstić information content (AvgIpc) is 2.70. The SMILES string of the molecule is CS(=O)(=O)c1ccc(Cc2cn[nH]c2)cc1. The van der Waals surface area contributed by atoms with Crippen LogP contribution in [0.4, 0.5) is 0 Å². The summed E-state index contributed by atoms with van der Waals surface area (Å²) < 4.78 is 22.5. The number of nitrogens with one attached hydrogen (secondary N) is 1. The molecule has 0 amide bonds. The van der Waals surface area contributed by atoms with E-state index in [1.807, 2.05) is 18.3 Å². The number of aromatic nitrogens is 2. The highest BCUT2D eigenvalue weighted by atomic mass is 32.2. The summed E-state index contributed by atoms with van der Waals surface area (Å²) in [6.07, 6.45) is 5.54. The Bertz CT molecular complexity index is 557. The van der Waals surface area contributed by atoms with Crippen LogP contribution in [-0.2, 0) is 16.3 Å². The third kappa shape index (κ3) is 2.49. The molecule has 0 spiro atoms. The quantitative estimate of drug-likeness (QED) is 0.876. The minimum absolute atomic E-state index is 0.350. The minimum Gasteiger partial charge on any atom is -0.285 e. The van der Waals surface area contributed by atoms with Gasteiger partial charge in [0.15, 0.2) is 9.84 Å². The van der Waals surface area contributed by atoms with E-state index in [1.165, 1.54) is 6.26 Å². The van der Waals surface area contributed by atoms with Crippen molar-refractivity contribution in [3.8, 4) is 0 Å². The zero-order valence-corrected chi connectivity index (χ0v) is 9.66. The van der Waals surface area contributed by atoms with Crippen LogP contribution in [0, 0.1) is 0 Å². The van der Waals surface area contributed by atoms with Crippen molar-refractivity contribution in [2.24, 2.45) is 0 Å². The molecule has 0 aliphatic carbocycles. The molecule has 0 saturated heterocycles. The average molecular weight is 236 g/mol. The molecule has 0 radical (unpaired) electrons. The molecule has 0 bridgehead atoms. The van der Waals surface area contributed by atoms with Gasteiger partial charge in [-0.05, 0) is 23.3 Å². The van der Waals surface area contributed by atoms with Gasteiger partial charge in [-0.15, -0.1) is 0 Å². The second-order valence-electron chi connectivity index (χ2n) is 3.70. The minimum atomic E-state index is -3.10. The first-order valence-corrected chi connectivity index (χ1v) is 6.71. The van der Waals surface area contributed by atoms with Crippen LogP contribution in [0.5, 0.6) is 0 Å². The number of nitrogens with zero attached hydrogens (tertiary/aromatic N) is 1. The van der Waals surface area contributed by atoms with Gasteiger partial charge < -0.3 is 0 Å². The number of hydrogen-bond acceptors (Lipinski definition) is 3. The molecule has 1 N–H and O–H groups in total. The zero-order chi connectivity index (χ0) is 11.6. The van der Waals surface area contributed by atoms with Crippen LogP contribution < -0.4 is 0 Å². The van der Waals surface area contributed by atoms with Crippen LogP contribution in [0.25, 0.3) is 0 Å². The van der Waals surface area contributed by atoms with Gasteiger partial charge in [-0.1, -0.05) is 12.1 Å². The lowest BCUT2D eigenvalue weighted by molar-refractivity contribution is 0.602. The summed E-state index contributed by atoms with van der Waals surface area (Å²) in [6, 6.07) is 6.91. The lowest BCUT2D eigenvalue weighted by atomic mass is 10.1. The van der Waals surface area contributed by atoms with Crippen LogP contribution in [0.3, 0.4) is 0 Å². The number of rotatable bonds is 3. The standard InChI is InChI=1S/C11H12N2O2S/c1-16(14,15)11-4-2-9(3-5-11)6-10-7-12-13-8-10/h2-5,7-8H,6H2,1H3,(H,12,13). The molecule has 0 saturated carbocycles. The Kier molecular flexibility index (Phi) is 2.78. The number of hydrogen-bond donors (Lipinski definition) is 1. The van der Waals surface area contributed by atoms with Crippen LogP contribution in [0.15, 0.2) is 41.6 Å². The van der Waals surface area contributed by atoms with Gasteiger partial charge in [-0.2, -0.15) is 5.10 Å². The van der Waals surface area contributed by atoms with E-state index >= 15 is 0 Å². The predicted molar refractivity (Wildman–Crippen MR) is 60.9 cm³/mol. The molecular formula is C11H12N2O2S. The van der Waals surface area contributed by atoms with Crippen molar-refractivity contribution < 1.29 is 8.42 Å². The van der Waals surface area contributed by atoms with E-state index in [1.54, 1.807) is 18.3 Å². The van der Waals surface area contributed by atoms with E-state index in [0.29, 0.717) is 4.90 Å². The monoisotopic (exact) mass is 236 g/mol. The second kappa shape index (κ2) is 4.09. The van der Waals surface area contributed by atoms with E-state index in [-0.39, 0.29) is 0 Å².